The molecule has 0 unspecified atom stereocenters. The van der Waals surface area contributed by atoms with Crippen molar-refractivity contribution < 1.29 is 18.3 Å². The molecular weight excluding hydrogens is 424 g/mol. The highest BCUT2D eigenvalue weighted by atomic mass is 32.2. The van der Waals surface area contributed by atoms with Crippen LogP contribution in [0.5, 0.6) is 5.75 Å². The number of aromatic hydroxyl groups is 1. The van der Waals surface area contributed by atoms with Gasteiger partial charge in [-0.1, -0.05) is 51.1 Å². The summed E-state index contributed by atoms with van der Waals surface area (Å²) < 4.78 is 28.0. The van der Waals surface area contributed by atoms with Gasteiger partial charge in [-0.25, -0.2) is 8.42 Å². The molecule has 3 aromatic carbocycles. The Hall–Kier alpha value is -3.32. The number of benzene rings is 3. The van der Waals surface area contributed by atoms with Crippen molar-refractivity contribution in [1.29, 1.82) is 0 Å². The van der Waals surface area contributed by atoms with Gasteiger partial charge < -0.3 is 10.4 Å². The molecule has 1 amide bonds. The topological polar surface area (TPSA) is 86.7 Å². The summed E-state index contributed by atoms with van der Waals surface area (Å²) in [5.74, 6) is -0.547. The number of phenols is 1. The van der Waals surface area contributed by atoms with E-state index in [9.17, 15) is 18.3 Å². The molecule has 7 heteroatoms. The van der Waals surface area contributed by atoms with Gasteiger partial charge >= 0.3 is 0 Å². The Labute approximate surface area is 188 Å². The molecule has 0 bridgehead atoms. The number of nitrogens with zero attached hydrogens (tertiary/aromatic N) is 1. The molecule has 32 heavy (non-hydrogen) atoms. The van der Waals surface area contributed by atoms with Crippen LogP contribution in [0, 0.1) is 0 Å². The first kappa shape index (κ1) is 21.9. The Morgan fingerprint density at radius 1 is 1.00 bits per heavy atom. The number of carbonyl (C=O) groups excluding carboxylic acids is 1. The van der Waals surface area contributed by atoms with Crippen LogP contribution in [0.2, 0.25) is 0 Å². The van der Waals surface area contributed by atoms with E-state index in [0.717, 1.165) is 11.1 Å². The summed E-state index contributed by atoms with van der Waals surface area (Å²) in [7, 11) is -3.81. The average molecular weight is 451 g/mol. The lowest BCUT2D eigenvalue weighted by atomic mass is 9.87. The number of hydrogen-bond donors (Lipinski definition) is 2. The minimum Gasteiger partial charge on any atom is -0.506 e. The van der Waals surface area contributed by atoms with Crippen LogP contribution in [0.3, 0.4) is 0 Å². The SMILES string of the molecule is CC(C)(C)c1ccc(O)c(NC(=O)c2cccc(S(=O)(=O)N3CCc4ccccc43)c2)c1. The van der Waals surface area contributed by atoms with E-state index >= 15 is 0 Å². The Morgan fingerprint density at radius 3 is 2.50 bits per heavy atom. The number of para-hydroxylation sites is 1. The Bertz CT molecular complexity index is 1290. The lowest BCUT2D eigenvalue weighted by Crippen LogP contribution is -2.29. The van der Waals surface area contributed by atoms with Gasteiger partial charge in [0.15, 0.2) is 0 Å². The standard InChI is InChI=1S/C25H26N2O4S/c1-25(2,3)19-11-12-23(28)21(16-19)26-24(29)18-8-6-9-20(15-18)32(30,31)27-14-13-17-7-4-5-10-22(17)27/h4-12,15-16,28H,13-14H2,1-3H3,(H,26,29). The summed E-state index contributed by atoms with van der Waals surface area (Å²) in [5, 5.41) is 12.9. The van der Waals surface area contributed by atoms with Crippen LogP contribution >= 0.6 is 0 Å². The Kier molecular flexibility index (Phi) is 5.46. The number of fused-ring (bicyclic) bond motifs is 1. The highest BCUT2D eigenvalue weighted by Crippen LogP contribution is 2.33. The number of rotatable bonds is 4. The summed E-state index contributed by atoms with van der Waals surface area (Å²) in [6, 6.07) is 18.5. The van der Waals surface area contributed by atoms with Crippen molar-refractivity contribution in [2.24, 2.45) is 0 Å². The summed E-state index contributed by atoms with van der Waals surface area (Å²) in [6.07, 6.45) is 0.652. The predicted molar refractivity (Wildman–Crippen MR) is 126 cm³/mol. The summed E-state index contributed by atoms with van der Waals surface area (Å²) >= 11 is 0. The molecule has 0 radical (unpaired) electrons. The molecule has 0 saturated heterocycles. The zero-order valence-corrected chi connectivity index (χ0v) is 19.1. The third-order valence-corrected chi connectivity index (χ3v) is 7.45. The normalized spacial score (nSPS) is 13.7. The van der Waals surface area contributed by atoms with E-state index in [1.54, 1.807) is 30.3 Å². The number of phenolic OH excluding ortho intramolecular Hbond substituents is 1. The van der Waals surface area contributed by atoms with E-state index < -0.39 is 15.9 Å². The van der Waals surface area contributed by atoms with Crippen LogP contribution in [0.15, 0.2) is 71.6 Å². The maximum atomic E-state index is 13.3. The van der Waals surface area contributed by atoms with Gasteiger partial charge in [0.1, 0.15) is 5.75 Å². The molecule has 166 valence electrons. The maximum absolute atomic E-state index is 13.3. The second kappa shape index (κ2) is 7.98. The van der Waals surface area contributed by atoms with Gasteiger partial charge in [-0.3, -0.25) is 9.10 Å². The minimum absolute atomic E-state index is 0.0505. The molecule has 0 saturated carbocycles. The monoisotopic (exact) mass is 450 g/mol. The molecule has 0 aromatic heterocycles. The van der Waals surface area contributed by atoms with E-state index in [-0.39, 0.29) is 27.3 Å². The third kappa shape index (κ3) is 4.08. The van der Waals surface area contributed by atoms with Crippen LogP contribution in [-0.4, -0.2) is 26.0 Å². The van der Waals surface area contributed by atoms with Gasteiger partial charge in [-0.05, 0) is 59.4 Å². The summed E-state index contributed by atoms with van der Waals surface area (Å²) in [6.45, 7) is 6.48. The fourth-order valence-electron chi connectivity index (χ4n) is 3.78. The van der Waals surface area contributed by atoms with Gasteiger partial charge in [0.2, 0.25) is 0 Å². The average Bonchev–Trinajstić information content (AvgIpc) is 3.19. The fourth-order valence-corrected chi connectivity index (χ4v) is 5.33. The Balaban J connectivity index is 1.62. The predicted octanol–water partition coefficient (Wildman–Crippen LogP) is 4.69. The van der Waals surface area contributed by atoms with Crippen molar-refractivity contribution in [2.45, 2.75) is 37.5 Å². The summed E-state index contributed by atoms with van der Waals surface area (Å²) in [5.41, 5.74) is 2.93. The lowest BCUT2D eigenvalue weighted by molar-refractivity contribution is 0.102. The first-order valence-electron chi connectivity index (χ1n) is 10.4. The van der Waals surface area contributed by atoms with Crippen molar-refractivity contribution >= 4 is 27.3 Å². The molecule has 1 aliphatic heterocycles. The second-order valence-corrected chi connectivity index (χ2v) is 10.8. The van der Waals surface area contributed by atoms with Crippen LogP contribution in [0.25, 0.3) is 0 Å². The van der Waals surface area contributed by atoms with Crippen LogP contribution < -0.4 is 9.62 Å². The molecule has 6 nitrogen and oxygen atoms in total. The van der Waals surface area contributed by atoms with E-state index in [1.165, 1.54) is 16.4 Å². The smallest absolute Gasteiger partial charge is 0.264 e. The number of sulfonamides is 1. The first-order chi connectivity index (χ1) is 15.1. The van der Waals surface area contributed by atoms with Crippen molar-refractivity contribution in [2.75, 3.05) is 16.2 Å². The van der Waals surface area contributed by atoms with Crippen molar-refractivity contribution in [3.63, 3.8) is 0 Å². The van der Waals surface area contributed by atoms with E-state index in [1.807, 2.05) is 45.0 Å². The van der Waals surface area contributed by atoms with Crippen molar-refractivity contribution in [1.82, 2.24) is 0 Å². The number of hydrogen-bond acceptors (Lipinski definition) is 4. The van der Waals surface area contributed by atoms with Crippen LogP contribution in [0.4, 0.5) is 11.4 Å². The third-order valence-electron chi connectivity index (χ3n) is 5.64. The van der Waals surface area contributed by atoms with Gasteiger partial charge in [-0.15, -0.1) is 0 Å². The van der Waals surface area contributed by atoms with Crippen LogP contribution in [-0.2, 0) is 21.9 Å². The molecule has 1 aliphatic rings. The van der Waals surface area contributed by atoms with E-state index in [0.29, 0.717) is 18.7 Å². The quantitative estimate of drug-likeness (QED) is 0.565. The van der Waals surface area contributed by atoms with Gasteiger partial charge in [-0.2, -0.15) is 0 Å². The molecule has 4 rings (SSSR count). The van der Waals surface area contributed by atoms with Crippen molar-refractivity contribution in [3.8, 4) is 5.75 Å². The van der Waals surface area contributed by atoms with E-state index in [2.05, 4.69) is 5.32 Å². The molecule has 2 N–H and O–H groups in total. The summed E-state index contributed by atoms with van der Waals surface area (Å²) in [4.78, 5) is 12.9. The largest absolute Gasteiger partial charge is 0.506 e. The maximum Gasteiger partial charge on any atom is 0.264 e. The molecule has 1 heterocycles. The van der Waals surface area contributed by atoms with Crippen LogP contribution in [0.1, 0.15) is 42.3 Å². The van der Waals surface area contributed by atoms with Crippen molar-refractivity contribution in [3.05, 3.63) is 83.4 Å². The molecule has 0 fully saturated rings. The highest BCUT2D eigenvalue weighted by Gasteiger charge is 2.31. The number of anilines is 2. The zero-order valence-electron chi connectivity index (χ0n) is 18.3. The molecule has 0 aliphatic carbocycles. The molecular formula is C25H26N2O4S. The zero-order chi connectivity index (χ0) is 23.1. The first-order valence-corrected chi connectivity index (χ1v) is 11.9. The molecule has 0 spiro atoms. The fraction of sp³-hybridized carbons (Fsp3) is 0.240. The van der Waals surface area contributed by atoms with E-state index in [4.69, 9.17) is 0 Å². The second-order valence-electron chi connectivity index (χ2n) is 8.92. The minimum atomic E-state index is -3.81. The highest BCUT2D eigenvalue weighted by molar-refractivity contribution is 7.92. The van der Waals surface area contributed by atoms with Gasteiger partial charge in [0.05, 0.1) is 16.3 Å². The Morgan fingerprint density at radius 2 is 1.75 bits per heavy atom. The number of carbonyl (C=O) groups is 1. The molecule has 0 atom stereocenters. The van der Waals surface area contributed by atoms with Gasteiger partial charge in [0.25, 0.3) is 15.9 Å². The number of nitrogens with one attached hydrogen (secondary N) is 1. The van der Waals surface area contributed by atoms with Gasteiger partial charge in [0, 0.05) is 12.1 Å². The lowest BCUT2D eigenvalue weighted by Gasteiger charge is -2.21. The number of amides is 1. The molecule has 3 aromatic rings.